The van der Waals surface area contributed by atoms with Crippen LogP contribution in [0.15, 0.2) is 53.1 Å². The van der Waals surface area contributed by atoms with Crippen LogP contribution in [0, 0.1) is 5.92 Å². The number of benzene rings is 2. The lowest BCUT2D eigenvalue weighted by Gasteiger charge is -2.39. The summed E-state index contributed by atoms with van der Waals surface area (Å²) in [5.41, 5.74) is 2.24. The number of carbonyl (C=O) groups is 1. The van der Waals surface area contributed by atoms with E-state index in [9.17, 15) is 15.0 Å². The molecule has 0 bridgehead atoms. The summed E-state index contributed by atoms with van der Waals surface area (Å²) in [5.74, 6) is 1.52. The average Bonchev–Trinajstić information content (AvgIpc) is 3.63. The molecule has 224 valence electrons. The fourth-order valence-electron chi connectivity index (χ4n) is 6.53. The number of hydrogen-bond acceptors (Lipinski definition) is 7. The van der Waals surface area contributed by atoms with Gasteiger partial charge in [-0.25, -0.2) is 0 Å². The molecule has 1 saturated heterocycles. The number of carbonyl (C=O) groups excluding carboxylic acids is 1. The maximum Gasteiger partial charge on any atom is 0.267 e. The van der Waals surface area contributed by atoms with E-state index in [0.717, 1.165) is 78.5 Å². The number of aliphatic hydroxyl groups excluding tert-OH is 1. The number of methoxy groups -OCH3 is 1. The molecule has 4 aromatic rings. The Balaban J connectivity index is 1.05. The zero-order chi connectivity index (χ0) is 29.3. The lowest BCUT2D eigenvalue weighted by molar-refractivity contribution is -0.0272. The highest BCUT2D eigenvalue weighted by Crippen LogP contribution is 2.34. The number of fused-ring (bicyclic) bond motifs is 2. The molecule has 0 unspecified atom stereocenters. The molecule has 2 aliphatic rings. The fraction of sp³-hybridized carbons (Fsp3) is 0.485. The van der Waals surface area contributed by atoms with Crippen LogP contribution in [-0.4, -0.2) is 70.5 Å². The molecule has 9 nitrogen and oxygen atoms in total. The number of hydrogen-bond donors (Lipinski definition) is 4. The molecular weight excluding hydrogens is 534 g/mol. The topological polar surface area (TPSA) is 120 Å². The second-order valence-corrected chi connectivity index (χ2v) is 12.1. The van der Waals surface area contributed by atoms with E-state index in [1.165, 1.54) is 0 Å². The van der Waals surface area contributed by atoms with Crippen LogP contribution < -0.4 is 14.8 Å². The van der Waals surface area contributed by atoms with Gasteiger partial charge in [-0.1, -0.05) is 19.1 Å². The van der Waals surface area contributed by atoms with Crippen LogP contribution >= 0.6 is 0 Å². The molecule has 1 amide bonds. The summed E-state index contributed by atoms with van der Waals surface area (Å²) >= 11 is 0. The Morgan fingerprint density at radius 1 is 1.17 bits per heavy atom. The highest BCUT2D eigenvalue weighted by Gasteiger charge is 2.35. The van der Waals surface area contributed by atoms with Crippen LogP contribution in [0.25, 0.3) is 21.9 Å². The quantitative estimate of drug-likeness (QED) is 0.222. The van der Waals surface area contributed by atoms with Gasteiger partial charge in [-0.3, -0.25) is 4.79 Å². The molecule has 0 spiro atoms. The number of aliphatic hydroxyl groups is 2. The van der Waals surface area contributed by atoms with Gasteiger partial charge in [0.2, 0.25) is 0 Å². The number of furan rings is 1. The first-order valence-corrected chi connectivity index (χ1v) is 15.0. The molecule has 3 heterocycles. The fourth-order valence-corrected chi connectivity index (χ4v) is 6.53. The standard InChI is InChI=1S/C33H41N3O6/c1-21-18-36(15-11-27(21)37)16-14-33(39)12-9-23(10-13-33)34-32(38)26-17-24-25(35-26)5-3-6-28(24)41-19-22-20-42-30-8-4-7-29(40-2)31(22)30/h3-8,17,20-21,23,27,35,37,39H,9-16,18-19H2,1-2H3,(H,34,38)/t21-,23-,27-,33+/m0/s1. The van der Waals surface area contributed by atoms with E-state index in [1.807, 2.05) is 42.5 Å². The monoisotopic (exact) mass is 575 g/mol. The van der Waals surface area contributed by atoms with Gasteiger partial charge >= 0.3 is 0 Å². The minimum Gasteiger partial charge on any atom is -0.496 e. The maximum atomic E-state index is 13.2. The number of aromatic nitrogens is 1. The van der Waals surface area contributed by atoms with E-state index in [4.69, 9.17) is 13.9 Å². The SMILES string of the molecule is COc1cccc2occ(COc3cccc4[nH]c(C(=O)N[C@H]5CC[C@](O)(CCN6CC[C@H](O)[C@@H](C)C6)CC5)cc34)c12. The Labute approximate surface area is 245 Å². The van der Waals surface area contributed by atoms with Crippen molar-refractivity contribution in [1.29, 1.82) is 0 Å². The molecule has 1 saturated carbocycles. The molecule has 4 N–H and O–H groups in total. The second-order valence-electron chi connectivity index (χ2n) is 12.1. The highest BCUT2D eigenvalue weighted by molar-refractivity contribution is 5.99. The number of nitrogens with one attached hydrogen (secondary N) is 2. The lowest BCUT2D eigenvalue weighted by Crippen LogP contribution is -2.47. The van der Waals surface area contributed by atoms with Gasteiger partial charge in [-0.05, 0) is 74.8 Å². The van der Waals surface area contributed by atoms with Crippen molar-refractivity contribution >= 4 is 27.8 Å². The van der Waals surface area contributed by atoms with Crippen LogP contribution in [0.4, 0.5) is 0 Å². The third-order valence-corrected chi connectivity index (χ3v) is 9.20. The van der Waals surface area contributed by atoms with Gasteiger partial charge in [0.1, 0.15) is 29.4 Å². The van der Waals surface area contributed by atoms with Crippen LogP contribution in [0.3, 0.4) is 0 Å². The average molecular weight is 576 g/mol. The molecule has 6 rings (SSSR count). The third kappa shape index (κ3) is 6.00. The van der Waals surface area contributed by atoms with Crippen molar-refractivity contribution < 1.29 is 28.9 Å². The number of amides is 1. The van der Waals surface area contributed by atoms with Crippen molar-refractivity contribution in [3.05, 3.63) is 60.0 Å². The molecule has 1 aliphatic heterocycles. The van der Waals surface area contributed by atoms with E-state index in [-0.39, 0.29) is 24.0 Å². The van der Waals surface area contributed by atoms with Gasteiger partial charge in [0.15, 0.2) is 0 Å². The van der Waals surface area contributed by atoms with Gasteiger partial charge < -0.3 is 39.3 Å². The van der Waals surface area contributed by atoms with Crippen LogP contribution in [0.1, 0.15) is 61.5 Å². The smallest absolute Gasteiger partial charge is 0.267 e. The second kappa shape index (κ2) is 12.0. The van der Waals surface area contributed by atoms with Gasteiger partial charge in [-0.15, -0.1) is 0 Å². The predicted molar refractivity (Wildman–Crippen MR) is 161 cm³/mol. The Morgan fingerprint density at radius 2 is 1.95 bits per heavy atom. The van der Waals surface area contributed by atoms with E-state index in [0.29, 0.717) is 30.9 Å². The number of rotatable bonds is 9. The van der Waals surface area contributed by atoms with Crippen LogP contribution in [0.5, 0.6) is 11.5 Å². The van der Waals surface area contributed by atoms with Gasteiger partial charge in [0.25, 0.3) is 5.91 Å². The maximum absolute atomic E-state index is 13.2. The van der Waals surface area contributed by atoms with E-state index < -0.39 is 5.60 Å². The zero-order valence-corrected chi connectivity index (χ0v) is 24.4. The highest BCUT2D eigenvalue weighted by atomic mass is 16.5. The number of H-pyrrole nitrogens is 1. The number of aromatic amines is 1. The minimum absolute atomic E-state index is 0.0226. The first kappa shape index (κ1) is 28.6. The van der Waals surface area contributed by atoms with E-state index in [2.05, 4.69) is 22.1 Å². The summed E-state index contributed by atoms with van der Waals surface area (Å²) in [4.78, 5) is 18.8. The molecule has 42 heavy (non-hydrogen) atoms. The summed E-state index contributed by atoms with van der Waals surface area (Å²) in [5, 5.41) is 26.1. The van der Waals surface area contributed by atoms with Crippen molar-refractivity contribution in [2.24, 2.45) is 5.92 Å². The number of likely N-dealkylation sites (tertiary alicyclic amines) is 1. The number of ether oxygens (including phenoxy) is 2. The van der Waals surface area contributed by atoms with Crippen molar-refractivity contribution in [1.82, 2.24) is 15.2 Å². The molecule has 9 heteroatoms. The molecule has 2 aromatic carbocycles. The Morgan fingerprint density at radius 3 is 2.74 bits per heavy atom. The van der Waals surface area contributed by atoms with Crippen molar-refractivity contribution in [2.45, 2.75) is 69.8 Å². The number of nitrogens with zero attached hydrogens (tertiary/aromatic N) is 1. The predicted octanol–water partition coefficient (Wildman–Crippen LogP) is 5.00. The summed E-state index contributed by atoms with van der Waals surface area (Å²) < 4.78 is 17.4. The zero-order valence-electron chi connectivity index (χ0n) is 24.4. The van der Waals surface area contributed by atoms with E-state index >= 15 is 0 Å². The molecule has 2 atom stereocenters. The number of piperidine rings is 1. The lowest BCUT2D eigenvalue weighted by atomic mass is 9.80. The molecule has 0 radical (unpaired) electrons. The molecular formula is C33H41N3O6. The van der Waals surface area contributed by atoms with Crippen molar-refractivity contribution in [3.63, 3.8) is 0 Å². The summed E-state index contributed by atoms with van der Waals surface area (Å²) in [7, 11) is 1.64. The van der Waals surface area contributed by atoms with Crippen LogP contribution in [0.2, 0.25) is 0 Å². The van der Waals surface area contributed by atoms with Gasteiger partial charge in [0, 0.05) is 42.1 Å². The van der Waals surface area contributed by atoms with E-state index in [1.54, 1.807) is 13.4 Å². The largest absolute Gasteiger partial charge is 0.496 e. The molecule has 2 fully saturated rings. The summed E-state index contributed by atoms with van der Waals surface area (Å²) in [6.45, 7) is 4.98. The Kier molecular flexibility index (Phi) is 8.16. The van der Waals surface area contributed by atoms with Gasteiger partial charge in [-0.2, -0.15) is 0 Å². The molecule has 1 aliphatic carbocycles. The summed E-state index contributed by atoms with van der Waals surface area (Å²) in [6, 6.07) is 13.3. The van der Waals surface area contributed by atoms with Crippen LogP contribution in [-0.2, 0) is 6.61 Å². The third-order valence-electron chi connectivity index (χ3n) is 9.20. The normalized spacial score (nSPS) is 25.1. The first-order valence-electron chi connectivity index (χ1n) is 15.0. The summed E-state index contributed by atoms with van der Waals surface area (Å²) in [6.07, 6.45) is 5.82. The molecule has 2 aromatic heterocycles. The Hall–Kier alpha value is -3.53. The Bertz CT molecular complexity index is 1540. The van der Waals surface area contributed by atoms with Crippen molar-refractivity contribution in [3.8, 4) is 11.5 Å². The van der Waals surface area contributed by atoms with Gasteiger partial charge in [0.05, 0.1) is 30.5 Å². The minimum atomic E-state index is -0.696. The first-order chi connectivity index (χ1) is 20.3. The van der Waals surface area contributed by atoms with Crippen molar-refractivity contribution in [2.75, 3.05) is 26.7 Å².